The largest absolute Gasteiger partial charge is 0.377 e. The van der Waals surface area contributed by atoms with E-state index in [0.29, 0.717) is 12.4 Å². The molecule has 0 saturated carbocycles. The van der Waals surface area contributed by atoms with Crippen LogP contribution in [0.3, 0.4) is 0 Å². The van der Waals surface area contributed by atoms with Crippen molar-refractivity contribution in [2.75, 3.05) is 19.0 Å². The molecule has 1 N–H and O–H groups in total. The summed E-state index contributed by atoms with van der Waals surface area (Å²) in [6.45, 7) is 5.28. The van der Waals surface area contributed by atoms with Crippen LogP contribution in [0.2, 0.25) is 0 Å². The maximum atomic E-state index is 5.12. The van der Waals surface area contributed by atoms with Crippen molar-refractivity contribution in [3.8, 4) is 11.3 Å². The van der Waals surface area contributed by atoms with Crippen LogP contribution in [0.4, 0.5) is 5.82 Å². The van der Waals surface area contributed by atoms with Gasteiger partial charge < -0.3 is 10.1 Å². The van der Waals surface area contributed by atoms with Crippen molar-refractivity contribution in [3.05, 3.63) is 35.9 Å². The minimum atomic E-state index is 0.399. The molecule has 0 fully saturated rings. The molecule has 2 heterocycles. The fraction of sp³-hybridized carbons (Fsp3) is 0.357. The third kappa shape index (κ3) is 3.26. The SMILES string of the molecule is CCNc1cc(-c2ccncc2C)nc(COC)n1. The summed E-state index contributed by atoms with van der Waals surface area (Å²) in [6, 6.07) is 3.91. The van der Waals surface area contributed by atoms with Crippen LogP contribution in [0.1, 0.15) is 18.3 Å². The van der Waals surface area contributed by atoms with Crippen LogP contribution in [0.15, 0.2) is 24.5 Å². The van der Waals surface area contributed by atoms with Crippen LogP contribution >= 0.6 is 0 Å². The first-order valence-electron chi connectivity index (χ1n) is 6.26. The van der Waals surface area contributed by atoms with Gasteiger partial charge in [0.05, 0.1) is 5.69 Å². The standard InChI is InChI=1S/C14H18N4O/c1-4-16-13-7-12(17-14(18-13)9-19-3)11-5-6-15-8-10(11)2/h5-8H,4,9H2,1-3H3,(H,16,17,18). The minimum absolute atomic E-state index is 0.399. The Morgan fingerprint density at radius 3 is 2.84 bits per heavy atom. The first-order valence-corrected chi connectivity index (χ1v) is 6.26. The molecule has 2 aromatic heterocycles. The Morgan fingerprint density at radius 2 is 2.16 bits per heavy atom. The molecule has 100 valence electrons. The summed E-state index contributed by atoms with van der Waals surface area (Å²) in [5.41, 5.74) is 3.04. The molecule has 2 aromatic rings. The Hall–Kier alpha value is -2.01. The smallest absolute Gasteiger partial charge is 0.157 e. The summed E-state index contributed by atoms with van der Waals surface area (Å²) in [4.78, 5) is 13.0. The highest BCUT2D eigenvalue weighted by Gasteiger charge is 2.08. The van der Waals surface area contributed by atoms with Gasteiger partial charge >= 0.3 is 0 Å². The second-order valence-corrected chi connectivity index (χ2v) is 4.21. The van der Waals surface area contributed by atoms with E-state index in [4.69, 9.17) is 4.74 Å². The van der Waals surface area contributed by atoms with Gasteiger partial charge in [-0.25, -0.2) is 9.97 Å². The second kappa shape index (κ2) is 6.24. The maximum absolute atomic E-state index is 5.12. The molecule has 0 atom stereocenters. The Morgan fingerprint density at radius 1 is 1.32 bits per heavy atom. The minimum Gasteiger partial charge on any atom is -0.377 e. The van der Waals surface area contributed by atoms with E-state index in [1.807, 2.05) is 32.2 Å². The highest BCUT2D eigenvalue weighted by Crippen LogP contribution is 2.22. The lowest BCUT2D eigenvalue weighted by Gasteiger charge is -2.10. The van der Waals surface area contributed by atoms with Gasteiger partial charge in [-0.15, -0.1) is 0 Å². The molecule has 0 aliphatic carbocycles. The Kier molecular flexibility index (Phi) is 4.41. The van der Waals surface area contributed by atoms with Gasteiger partial charge in [0.25, 0.3) is 0 Å². The molecule has 5 nitrogen and oxygen atoms in total. The molecule has 0 unspecified atom stereocenters. The molecule has 0 bridgehead atoms. The first-order chi connectivity index (χ1) is 9.24. The highest BCUT2D eigenvalue weighted by molar-refractivity contribution is 5.65. The number of aryl methyl sites for hydroxylation is 1. The molecule has 0 amide bonds. The van der Waals surface area contributed by atoms with E-state index in [-0.39, 0.29) is 0 Å². The van der Waals surface area contributed by atoms with Gasteiger partial charge in [0, 0.05) is 37.7 Å². The quantitative estimate of drug-likeness (QED) is 0.892. The molecule has 0 saturated heterocycles. The van der Waals surface area contributed by atoms with Crippen LogP contribution in [-0.4, -0.2) is 28.6 Å². The molecule has 0 spiro atoms. The average molecular weight is 258 g/mol. The van der Waals surface area contributed by atoms with E-state index < -0.39 is 0 Å². The number of pyridine rings is 1. The number of methoxy groups -OCH3 is 1. The second-order valence-electron chi connectivity index (χ2n) is 4.21. The molecule has 0 aliphatic rings. The Balaban J connectivity index is 2.46. The summed E-state index contributed by atoms with van der Waals surface area (Å²) < 4.78 is 5.12. The topological polar surface area (TPSA) is 59.9 Å². The van der Waals surface area contributed by atoms with Crippen molar-refractivity contribution in [1.82, 2.24) is 15.0 Å². The van der Waals surface area contributed by atoms with Gasteiger partial charge in [-0.2, -0.15) is 0 Å². The third-order valence-corrected chi connectivity index (χ3v) is 2.70. The van der Waals surface area contributed by atoms with Crippen molar-refractivity contribution >= 4 is 5.82 Å². The number of hydrogen-bond donors (Lipinski definition) is 1. The highest BCUT2D eigenvalue weighted by atomic mass is 16.5. The summed E-state index contributed by atoms with van der Waals surface area (Å²) >= 11 is 0. The van der Waals surface area contributed by atoms with Crippen molar-refractivity contribution in [2.45, 2.75) is 20.5 Å². The maximum Gasteiger partial charge on any atom is 0.157 e. The molecule has 2 rings (SSSR count). The third-order valence-electron chi connectivity index (χ3n) is 2.70. The van der Waals surface area contributed by atoms with Crippen LogP contribution in [0.5, 0.6) is 0 Å². The van der Waals surface area contributed by atoms with E-state index >= 15 is 0 Å². The predicted octanol–water partition coefficient (Wildman–Crippen LogP) is 2.43. The lowest BCUT2D eigenvalue weighted by atomic mass is 10.1. The molecule has 0 radical (unpaired) electrons. The molecule has 0 aromatic carbocycles. The van der Waals surface area contributed by atoms with Crippen LogP contribution in [0.25, 0.3) is 11.3 Å². The van der Waals surface area contributed by atoms with E-state index in [1.54, 1.807) is 13.3 Å². The fourth-order valence-corrected chi connectivity index (χ4v) is 1.86. The van der Waals surface area contributed by atoms with E-state index in [2.05, 4.69) is 20.3 Å². The lowest BCUT2D eigenvalue weighted by molar-refractivity contribution is 0.178. The van der Waals surface area contributed by atoms with Crippen molar-refractivity contribution in [3.63, 3.8) is 0 Å². The zero-order chi connectivity index (χ0) is 13.7. The summed E-state index contributed by atoms with van der Waals surface area (Å²) in [6.07, 6.45) is 3.60. The summed E-state index contributed by atoms with van der Waals surface area (Å²) in [5, 5.41) is 3.21. The first kappa shape index (κ1) is 13.4. The van der Waals surface area contributed by atoms with Crippen molar-refractivity contribution in [2.24, 2.45) is 0 Å². The van der Waals surface area contributed by atoms with Gasteiger partial charge in [0.1, 0.15) is 12.4 Å². The molecular formula is C14H18N4O. The molecular weight excluding hydrogens is 240 g/mol. The van der Waals surface area contributed by atoms with E-state index in [9.17, 15) is 0 Å². The van der Waals surface area contributed by atoms with Gasteiger partial charge in [-0.05, 0) is 25.5 Å². The summed E-state index contributed by atoms with van der Waals surface area (Å²) in [5.74, 6) is 1.49. The summed E-state index contributed by atoms with van der Waals surface area (Å²) in [7, 11) is 1.64. The zero-order valence-corrected chi connectivity index (χ0v) is 11.5. The van der Waals surface area contributed by atoms with Crippen LogP contribution in [0, 0.1) is 6.92 Å². The number of hydrogen-bond acceptors (Lipinski definition) is 5. The van der Waals surface area contributed by atoms with Crippen molar-refractivity contribution in [1.29, 1.82) is 0 Å². The predicted molar refractivity (Wildman–Crippen MR) is 74.9 cm³/mol. The van der Waals surface area contributed by atoms with E-state index in [1.165, 1.54) is 0 Å². The average Bonchev–Trinajstić information content (AvgIpc) is 2.40. The number of ether oxygens (including phenoxy) is 1. The Labute approximate surface area is 113 Å². The Bertz CT molecular complexity index is 533. The van der Waals surface area contributed by atoms with Gasteiger partial charge in [-0.1, -0.05) is 0 Å². The van der Waals surface area contributed by atoms with Crippen molar-refractivity contribution < 1.29 is 4.74 Å². The normalized spacial score (nSPS) is 10.5. The van der Waals surface area contributed by atoms with Crippen LogP contribution in [-0.2, 0) is 11.3 Å². The van der Waals surface area contributed by atoms with Gasteiger partial charge in [-0.3, -0.25) is 4.98 Å². The molecule has 0 aliphatic heterocycles. The lowest BCUT2D eigenvalue weighted by Crippen LogP contribution is -2.05. The fourth-order valence-electron chi connectivity index (χ4n) is 1.86. The number of anilines is 1. The molecule has 5 heteroatoms. The van der Waals surface area contributed by atoms with E-state index in [0.717, 1.165) is 29.2 Å². The van der Waals surface area contributed by atoms with Crippen LogP contribution < -0.4 is 5.32 Å². The number of nitrogens with zero attached hydrogens (tertiary/aromatic N) is 3. The van der Waals surface area contributed by atoms with Gasteiger partial charge in [0.2, 0.25) is 0 Å². The number of rotatable bonds is 5. The van der Waals surface area contributed by atoms with Gasteiger partial charge in [0.15, 0.2) is 5.82 Å². The number of nitrogens with one attached hydrogen (secondary N) is 1. The molecule has 19 heavy (non-hydrogen) atoms. The zero-order valence-electron chi connectivity index (χ0n) is 11.5. The number of aromatic nitrogens is 3. The monoisotopic (exact) mass is 258 g/mol.